The van der Waals surface area contributed by atoms with E-state index in [2.05, 4.69) is 22.0 Å². The second kappa shape index (κ2) is 9.60. The number of nitrogens with zero attached hydrogens (tertiary/aromatic N) is 2. The summed E-state index contributed by atoms with van der Waals surface area (Å²) in [5, 5.41) is 3.12. The molecule has 0 bridgehead atoms. The van der Waals surface area contributed by atoms with Crippen LogP contribution in [0.3, 0.4) is 0 Å². The number of hydrogen-bond donors (Lipinski definition) is 2. The van der Waals surface area contributed by atoms with Gasteiger partial charge in [-0.15, -0.1) is 0 Å². The Kier molecular flexibility index (Phi) is 7.80. The first-order valence-corrected chi connectivity index (χ1v) is 9.59. The average molecular weight is 325 g/mol. The highest BCUT2D eigenvalue weighted by Gasteiger charge is 2.32. The van der Waals surface area contributed by atoms with E-state index in [1.165, 1.54) is 32.4 Å². The van der Waals surface area contributed by atoms with Crippen LogP contribution in [0.15, 0.2) is 0 Å². The van der Waals surface area contributed by atoms with E-state index in [0.29, 0.717) is 13.0 Å². The molecule has 1 amide bonds. The molecule has 0 atom stereocenters. The van der Waals surface area contributed by atoms with E-state index < -0.39 is 0 Å². The summed E-state index contributed by atoms with van der Waals surface area (Å²) in [5.41, 5.74) is 6.05. The van der Waals surface area contributed by atoms with Gasteiger partial charge < -0.3 is 20.9 Å². The molecule has 0 spiro atoms. The molecule has 1 aliphatic carbocycles. The third-order valence-electron chi connectivity index (χ3n) is 5.77. The molecule has 2 fully saturated rings. The predicted molar refractivity (Wildman–Crippen MR) is 95.4 cm³/mol. The summed E-state index contributed by atoms with van der Waals surface area (Å²) >= 11 is 0. The van der Waals surface area contributed by atoms with Gasteiger partial charge in [-0.05, 0) is 44.3 Å². The van der Waals surface area contributed by atoms with Crippen LogP contribution in [0.1, 0.15) is 51.9 Å². The monoisotopic (exact) mass is 324 g/mol. The lowest BCUT2D eigenvalue weighted by molar-refractivity contribution is -0.123. The number of likely N-dealkylation sites (N-methyl/N-ethyl adjacent to an activating group) is 1. The third-order valence-corrected chi connectivity index (χ3v) is 5.77. The maximum Gasteiger partial charge on any atom is 0.220 e. The van der Waals surface area contributed by atoms with Crippen molar-refractivity contribution in [3.63, 3.8) is 0 Å². The van der Waals surface area contributed by atoms with Gasteiger partial charge in [-0.1, -0.05) is 26.2 Å². The normalized spacial score (nSPS) is 22.9. The van der Waals surface area contributed by atoms with Gasteiger partial charge in [0.15, 0.2) is 0 Å². The quantitative estimate of drug-likeness (QED) is 0.663. The molecule has 1 saturated carbocycles. The van der Waals surface area contributed by atoms with E-state index in [4.69, 9.17) is 5.73 Å². The number of amides is 1. The number of carbonyl (C=O) groups excluding carboxylic acids is 1. The van der Waals surface area contributed by atoms with Crippen molar-refractivity contribution < 1.29 is 4.79 Å². The zero-order chi connectivity index (χ0) is 16.5. The zero-order valence-corrected chi connectivity index (χ0v) is 15.0. The molecule has 3 N–H and O–H groups in total. The van der Waals surface area contributed by atoms with Crippen LogP contribution in [0, 0.1) is 5.41 Å². The van der Waals surface area contributed by atoms with E-state index in [9.17, 15) is 4.79 Å². The number of rotatable bonds is 8. The largest absolute Gasteiger partial charge is 0.356 e. The molecular formula is C18H36N4O. The molecule has 0 aromatic heterocycles. The van der Waals surface area contributed by atoms with Crippen LogP contribution in [0.5, 0.6) is 0 Å². The van der Waals surface area contributed by atoms with Gasteiger partial charge in [-0.25, -0.2) is 0 Å². The molecule has 0 unspecified atom stereocenters. The molecule has 1 aliphatic heterocycles. The lowest BCUT2D eigenvalue weighted by Crippen LogP contribution is -2.46. The van der Waals surface area contributed by atoms with Gasteiger partial charge >= 0.3 is 0 Å². The van der Waals surface area contributed by atoms with Gasteiger partial charge in [0.25, 0.3) is 0 Å². The maximum atomic E-state index is 12.2. The Morgan fingerprint density at radius 3 is 2.35 bits per heavy atom. The van der Waals surface area contributed by atoms with Gasteiger partial charge in [-0.2, -0.15) is 0 Å². The average Bonchev–Trinajstić information content (AvgIpc) is 2.60. The highest BCUT2D eigenvalue weighted by molar-refractivity contribution is 5.76. The lowest BCUT2D eigenvalue weighted by atomic mass is 9.71. The van der Waals surface area contributed by atoms with Crippen LogP contribution >= 0.6 is 0 Å². The van der Waals surface area contributed by atoms with Crippen molar-refractivity contribution in [3.8, 4) is 0 Å². The Morgan fingerprint density at radius 2 is 1.74 bits per heavy atom. The minimum atomic E-state index is 0.0822. The van der Waals surface area contributed by atoms with Gasteiger partial charge in [0.05, 0.1) is 0 Å². The van der Waals surface area contributed by atoms with Gasteiger partial charge in [0, 0.05) is 39.1 Å². The highest BCUT2D eigenvalue weighted by Crippen LogP contribution is 2.38. The molecule has 1 saturated heterocycles. The topological polar surface area (TPSA) is 61.6 Å². The van der Waals surface area contributed by atoms with E-state index in [1.807, 2.05) is 0 Å². The third kappa shape index (κ3) is 6.05. The van der Waals surface area contributed by atoms with Crippen LogP contribution < -0.4 is 11.1 Å². The first kappa shape index (κ1) is 18.7. The van der Waals surface area contributed by atoms with Crippen molar-refractivity contribution in [1.82, 2.24) is 15.1 Å². The summed E-state index contributed by atoms with van der Waals surface area (Å²) in [6.45, 7) is 10.6. The summed E-state index contributed by atoms with van der Waals surface area (Å²) in [6, 6.07) is 0. The molecule has 0 aromatic rings. The van der Waals surface area contributed by atoms with Crippen molar-refractivity contribution in [2.24, 2.45) is 11.1 Å². The van der Waals surface area contributed by atoms with E-state index in [-0.39, 0.29) is 11.3 Å². The number of carbonyl (C=O) groups is 1. The number of nitrogens with two attached hydrogens (primary N) is 1. The number of nitrogens with one attached hydrogen (secondary N) is 1. The summed E-state index contributed by atoms with van der Waals surface area (Å²) in [7, 11) is 0. The molecule has 0 aromatic carbocycles. The molecule has 2 aliphatic rings. The van der Waals surface area contributed by atoms with Crippen molar-refractivity contribution in [3.05, 3.63) is 0 Å². The summed E-state index contributed by atoms with van der Waals surface area (Å²) in [6.07, 6.45) is 7.68. The second-order valence-corrected chi connectivity index (χ2v) is 7.42. The van der Waals surface area contributed by atoms with Crippen LogP contribution in [-0.2, 0) is 4.79 Å². The Bertz CT molecular complexity index is 347. The molecule has 0 radical (unpaired) electrons. The van der Waals surface area contributed by atoms with Crippen molar-refractivity contribution >= 4 is 5.91 Å². The fourth-order valence-corrected chi connectivity index (χ4v) is 4.02. The summed E-state index contributed by atoms with van der Waals surface area (Å²) in [5.74, 6) is 0.202. The minimum Gasteiger partial charge on any atom is -0.356 e. The minimum absolute atomic E-state index is 0.0822. The van der Waals surface area contributed by atoms with Crippen LogP contribution in [0.25, 0.3) is 0 Å². The molecule has 5 heteroatoms. The lowest BCUT2D eigenvalue weighted by Gasteiger charge is -2.35. The van der Waals surface area contributed by atoms with Gasteiger partial charge in [-0.3, -0.25) is 4.79 Å². The fraction of sp³-hybridized carbons (Fsp3) is 0.944. The fourth-order valence-electron chi connectivity index (χ4n) is 4.02. The smallest absolute Gasteiger partial charge is 0.220 e. The first-order valence-electron chi connectivity index (χ1n) is 9.59. The molecule has 134 valence electrons. The zero-order valence-electron chi connectivity index (χ0n) is 15.0. The Morgan fingerprint density at radius 1 is 1.09 bits per heavy atom. The molecule has 2 rings (SSSR count). The number of hydrogen-bond acceptors (Lipinski definition) is 4. The Labute approximate surface area is 142 Å². The van der Waals surface area contributed by atoms with Gasteiger partial charge in [0.2, 0.25) is 5.91 Å². The Hall–Kier alpha value is -0.650. The number of piperazine rings is 1. The second-order valence-electron chi connectivity index (χ2n) is 7.42. The molecule has 5 nitrogen and oxygen atoms in total. The predicted octanol–water partition coefficient (Wildman–Crippen LogP) is 1.43. The van der Waals surface area contributed by atoms with Crippen LogP contribution in [0.4, 0.5) is 0 Å². The van der Waals surface area contributed by atoms with E-state index in [0.717, 1.165) is 52.0 Å². The first-order chi connectivity index (χ1) is 11.2. The van der Waals surface area contributed by atoms with E-state index >= 15 is 0 Å². The SMILES string of the molecule is CCN1CCN(CCCNC(=O)CC2(CN)CCCCC2)CC1. The summed E-state index contributed by atoms with van der Waals surface area (Å²) < 4.78 is 0. The van der Waals surface area contributed by atoms with Crippen molar-refractivity contribution in [2.45, 2.75) is 51.9 Å². The standard InChI is InChI=1S/C18H36N4O/c1-2-21-11-13-22(14-12-21)10-6-9-20-17(23)15-18(16-19)7-4-3-5-8-18/h2-16,19H2,1H3,(H,20,23). The van der Waals surface area contributed by atoms with Crippen molar-refractivity contribution in [1.29, 1.82) is 0 Å². The van der Waals surface area contributed by atoms with E-state index in [1.54, 1.807) is 0 Å². The Balaban J connectivity index is 1.58. The van der Waals surface area contributed by atoms with Gasteiger partial charge in [0.1, 0.15) is 0 Å². The molecule has 1 heterocycles. The summed E-state index contributed by atoms with van der Waals surface area (Å²) in [4.78, 5) is 17.2. The molecule has 23 heavy (non-hydrogen) atoms. The van der Waals surface area contributed by atoms with Crippen LogP contribution in [-0.4, -0.2) is 68.1 Å². The van der Waals surface area contributed by atoms with Crippen LogP contribution in [0.2, 0.25) is 0 Å². The maximum absolute atomic E-state index is 12.2. The highest BCUT2D eigenvalue weighted by atomic mass is 16.1. The van der Waals surface area contributed by atoms with Crippen molar-refractivity contribution in [2.75, 3.05) is 52.4 Å². The molecular weight excluding hydrogens is 288 g/mol.